The molecule has 28 heavy (non-hydrogen) atoms. The number of aryl methyl sites for hydroxylation is 1. The summed E-state index contributed by atoms with van der Waals surface area (Å²) in [5, 5.41) is 2.88. The van der Waals surface area contributed by atoms with Gasteiger partial charge in [0.2, 0.25) is 5.91 Å². The minimum Gasteiger partial charge on any atom is -0.364 e. The van der Waals surface area contributed by atoms with Crippen LogP contribution in [0.5, 0.6) is 0 Å². The average Bonchev–Trinajstić information content (AvgIpc) is 3.35. The van der Waals surface area contributed by atoms with Gasteiger partial charge in [0.1, 0.15) is 17.3 Å². The van der Waals surface area contributed by atoms with Gasteiger partial charge >= 0.3 is 0 Å². The number of hydrogen-bond acceptors (Lipinski definition) is 2. The summed E-state index contributed by atoms with van der Waals surface area (Å²) in [7, 11) is 0. The van der Waals surface area contributed by atoms with Crippen LogP contribution in [0, 0.1) is 25.5 Å². The second kappa shape index (κ2) is 6.83. The van der Waals surface area contributed by atoms with Gasteiger partial charge in [-0.15, -0.1) is 0 Å². The van der Waals surface area contributed by atoms with E-state index >= 15 is 0 Å². The number of benzene rings is 2. The molecule has 1 saturated carbocycles. The lowest BCUT2D eigenvalue weighted by atomic mass is 9.91. The summed E-state index contributed by atoms with van der Waals surface area (Å²) in [4.78, 5) is 14.1. The van der Waals surface area contributed by atoms with Gasteiger partial charge < -0.3 is 10.2 Å². The molecule has 1 fully saturated rings. The molecule has 1 amide bonds. The molecule has 1 N–H and O–H groups in total. The van der Waals surface area contributed by atoms with Crippen molar-refractivity contribution in [3.63, 3.8) is 0 Å². The predicted octanol–water partition coefficient (Wildman–Crippen LogP) is 4.98. The summed E-state index contributed by atoms with van der Waals surface area (Å²) in [6.45, 7) is 4.95. The van der Waals surface area contributed by atoms with Crippen LogP contribution in [0.1, 0.15) is 41.5 Å². The van der Waals surface area contributed by atoms with E-state index in [9.17, 15) is 18.0 Å². The van der Waals surface area contributed by atoms with Crippen molar-refractivity contribution in [1.29, 1.82) is 0 Å². The van der Waals surface area contributed by atoms with E-state index < -0.39 is 17.3 Å². The lowest BCUT2D eigenvalue weighted by Crippen LogP contribution is -2.32. The number of carbonyl (C=O) groups excluding carboxylic acids is 1. The number of rotatable bonds is 4. The molecule has 6 heteroatoms. The van der Waals surface area contributed by atoms with Gasteiger partial charge in [-0.25, -0.2) is 13.2 Å². The van der Waals surface area contributed by atoms with Crippen LogP contribution >= 0.6 is 0 Å². The topological polar surface area (TPSA) is 32.3 Å². The fourth-order valence-electron chi connectivity index (χ4n) is 4.00. The summed E-state index contributed by atoms with van der Waals surface area (Å²) in [5.41, 5.74) is 3.78. The number of nitrogens with zero attached hydrogens (tertiary/aromatic N) is 1. The molecule has 0 unspecified atom stereocenters. The summed E-state index contributed by atoms with van der Waals surface area (Å²) < 4.78 is 41.4. The van der Waals surface area contributed by atoms with Crippen LogP contribution in [-0.4, -0.2) is 18.1 Å². The van der Waals surface area contributed by atoms with Crippen molar-refractivity contribution in [2.45, 2.75) is 51.7 Å². The Hall–Kier alpha value is -2.50. The first-order chi connectivity index (χ1) is 13.3. The lowest BCUT2D eigenvalue weighted by molar-refractivity contribution is -0.117. The predicted molar refractivity (Wildman–Crippen MR) is 103 cm³/mol. The number of alkyl halides is 1. The number of fused-ring (bicyclic) bond motifs is 1. The zero-order chi connectivity index (χ0) is 20.1. The molecule has 0 spiro atoms. The molecule has 148 valence electrons. The van der Waals surface area contributed by atoms with E-state index in [1.165, 1.54) is 12.1 Å². The minimum atomic E-state index is -1.34. The maximum absolute atomic E-state index is 14.2. The SMILES string of the molecule is Cc1cc2c(c(C)c1NC(=O)CC1(F)CC1)CN(c1ccc(F)cc1F)CC2. The smallest absolute Gasteiger partial charge is 0.227 e. The third kappa shape index (κ3) is 3.60. The van der Waals surface area contributed by atoms with Crippen LogP contribution in [0.4, 0.5) is 24.5 Å². The third-order valence-corrected chi connectivity index (χ3v) is 5.79. The van der Waals surface area contributed by atoms with Crippen molar-refractivity contribution in [3.8, 4) is 0 Å². The van der Waals surface area contributed by atoms with Crippen molar-refractivity contribution >= 4 is 17.3 Å². The highest BCUT2D eigenvalue weighted by atomic mass is 19.1. The fourth-order valence-corrected chi connectivity index (χ4v) is 4.00. The van der Waals surface area contributed by atoms with Crippen LogP contribution in [-0.2, 0) is 17.8 Å². The molecule has 1 aliphatic heterocycles. The molecule has 1 aliphatic carbocycles. The highest BCUT2D eigenvalue weighted by molar-refractivity contribution is 5.93. The minimum absolute atomic E-state index is 0.115. The van der Waals surface area contributed by atoms with Gasteiger partial charge in [-0.1, -0.05) is 6.07 Å². The van der Waals surface area contributed by atoms with Crippen molar-refractivity contribution in [2.75, 3.05) is 16.8 Å². The highest BCUT2D eigenvalue weighted by Gasteiger charge is 2.45. The van der Waals surface area contributed by atoms with Gasteiger partial charge in [0, 0.05) is 24.8 Å². The summed E-state index contributed by atoms with van der Waals surface area (Å²) in [6, 6.07) is 5.65. The van der Waals surface area contributed by atoms with Gasteiger partial charge in [0.05, 0.1) is 12.1 Å². The Morgan fingerprint density at radius 1 is 1.21 bits per heavy atom. The van der Waals surface area contributed by atoms with Crippen molar-refractivity contribution in [3.05, 3.63) is 58.2 Å². The largest absolute Gasteiger partial charge is 0.364 e. The Labute approximate surface area is 162 Å². The average molecular weight is 388 g/mol. The van der Waals surface area contributed by atoms with E-state index in [4.69, 9.17) is 0 Å². The first-order valence-corrected chi connectivity index (χ1v) is 9.56. The number of carbonyl (C=O) groups is 1. The molecule has 0 aromatic heterocycles. The molecule has 0 bridgehead atoms. The highest BCUT2D eigenvalue weighted by Crippen LogP contribution is 2.43. The van der Waals surface area contributed by atoms with E-state index in [1.54, 1.807) is 0 Å². The van der Waals surface area contributed by atoms with Gasteiger partial charge in [0.25, 0.3) is 0 Å². The van der Waals surface area contributed by atoms with Crippen LogP contribution in [0.15, 0.2) is 24.3 Å². The van der Waals surface area contributed by atoms with Gasteiger partial charge in [0.15, 0.2) is 0 Å². The molecular formula is C22H23F3N2O. The number of nitrogens with one attached hydrogen (secondary N) is 1. The van der Waals surface area contributed by atoms with E-state index in [0.29, 0.717) is 37.3 Å². The second-order valence-corrected chi connectivity index (χ2v) is 7.97. The normalized spacial score (nSPS) is 17.2. The standard InChI is InChI=1S/C22H23F3N2O/c1-13-9-15-5-8-27(19-4-3-16(23)10-18(19)24)12-17(15)14(2)21(13)26-20(28)11-22(25)6-7-22/h3-4,9-10H,5-8,11-12H2,1-2H3,(H,26,28). The molecule has 1 heterocycles. The van der Waals surface area contributed by atoms with E-state index in [0.717, 1.165) is 34.7 Å². The number of anilines is 2. The van der Waals surface area contributed by atoms with Crippen LogP contribution in [0.25, 0.3) is 0 Å². The molecule has 2 aromatic carbocycles. The third-order valence-electron chi connectivity index (χ3n) is 5.79. The molecule has 0 saturated heterocycles. The van der Waals surface area contributed by atoms with E-state index in [1.807, 2.05) is 24.8 Å². The van der Waals surface area contributed by atoms with Gasteiger partial charge in [-0.05, 0) is 67.5 Å². The number of hydrogen-bond donors (Lipinski definition) is 1. The molecule has 0 radical (unpaired) electrons. The summed E-state index contributed by atoms with van der Waals surface area (Å²) in [5.74, 6) is -1.50. The number of halogens is 3. The Bertz CT molecular complexity index is 953. The molecule has 2 aromatic rings. The monoisotopic (exact) mass is 388 g/mol. The first-order valence-electron chi connectivity index (χ1n) is 9.56. The maximum Gasteiger partial charge on any atom is 0.227 e. The zero-order valence-electron chi connectivity index (χ0n) is 16.0. The molecule has 0 atom stereocenters. The zero-order valence-corrected chi connectivity index (χ0v) is 16.0. The van der Waals surface area contributed by atoms with Gasteiger partial charge in [-0.2, -0.15) is 0 Å². The quantitative estimate of drug-likeness (QED) is 0.802. The number of amides is 1. The van der Waals surface area contributed by atoms with E-state index in [2.05, 4.69) is 5.32 Å². The van der Waals surface area contributed by atoms with E-state index in [-0.39, 0.29) is 12.3 Å². The summed E-state index contributed by atoms with van der Waals surface area (Å²) in [6.07, 6.45) is 1.51. The van der Waals surface area contributed by atoms with Crippen molar-refractivity contribution in [2.24, 2.45) is 0 Å². The Morgan fingerprint density at radius 2 is 1.96 bits per heavy atom. The molecule has 3 nitrogen and oxygen atoms in total. The Morgan fingerprint density at radius 3 is 2.64 bits per heavy atom. The molecular weight excluding hydrogens is 365 g/mol. The van der Waals surface area contributed by atoms with Crippen LogP contribution in [0.3, 0.4) is 0 Å². The maximum atomic E-state index is 14.2. The Kier molecular flexibility index (Phi) is 4.60. The Balaban J connectivity index is 1.60. The van der Waals surface area contributed by atoms with Crippen molar-refractivity contribution in [1.82, 2.24) is 0 Å². The van der Waals surface area contributed by atoms with Crippen LogP contribution < -0.4 is 10.2 Å². The molecule has 2 aliphatic rings. The summed E-state index contributed by atoms with van der Waals surface area (Å²) >= 11 is 0. The van der Waals surface area contributed by atoms with Gasteiger partial charge in [-0.3, -0.25) is 4.79 Å². The fraction of sp³-hybridized carbons (Fsp3) is 0.409. The second-order valence-electron chi connectivity index (χ2n) is 7.97. The lowest BCUT2D eigenvalue weighted by Gasteiger charge is -2.33. The van der Waals surface area contributed by atoms with Crippen LogP contribution in [0.2, 0.25) is 0 Å². The molecule has 4 rings (SSSR count). The first kappa shape index (κ1) is 18.8. The van der Waals surface area contributed by atoms with Crippen molar-refractivity contribution < 1.29 is 18.0 Å².